The number of imidazole rings is 1. The van der Waals surface area contributed by atoms with Crippen LogP contribution in [0.2, 0.25) is 0 Å². The van der Waals surface area contributed by atoms with Crippen LogP contribution >= 0.6 is 0 Å². The van der Waals surface area contributed by atoms with Gasteiger partial charge in [0, 0.05) is 31.9 Å². The van der Waals surface area contributed by atoms with Crippen LogP contribution in [0.1, 0.15) is 16.8 Å². The Morgan fingerprint density at radius 2 is 2.08 bits per heavy atom. The first-order valence-corrected chi connectivity index (χ1v) is 8.80. The van der Waals surface area contributed by atoms with E-state index in [9.17, 15) is 4.79 Å². The predicted octanol–water partition coefficient (Wildman–Crippen LogP) is 2.75. The molecule has 3 heterocycles. The van der Waals surface area contributed by atoms with Gasteiger partial charge < -0.3 is 19.4 Å². The Morgan fingerprint density at radius 1 is 1.27 bits per heavy atom. The van der Waals surface area contributed by atoms with Crippen molar-refractivity contribution in [3.63, 3.8) is 0 Å². The molecule has 0 atom stereocenters. The molecule has 0 saturated carbocycles. The molecule has 6 heteroatoms. The van der Waals surface area contributed by atoms with Crippen molar-refractivity contribution in [3.8, 4) is 0 Å². The first-order chi connectivity index (χ1) is 12.7. The van der Waals surface area contributed by atoms with E-state index in [2.05, 4.69) is 33.8 Å². The Labute approximate surface area is 152 Å². The average molecular weight is 350 g/mol. The molecule has 2 aromatic heterocycles. The van der Waals surface area contributed by atoms with Gasteiger partial charge in [0.25, 0.3) is 0 Å². The van der Waals surface area contributed by atoms with Gasteiger partial charge >= 0.3 is 6.09 Å². The van der Waals surface area contributed by atoms with Gasteiger partial charge in [0.05, 0.1) is 11.9 Å². The van der Waals surface area contributed by atoms with Crippen molar-refractivity contribution in [3.05, 3.63) is 71.7 Å². The highest BCUT2D eigenvalue weighted by atomic mass is 16.6. The van der Waals surface area contributed by atoms with Crippen molar-refractivity contribution in [2.45, 2.75) is 26.1 Å². The summed E-state index contributed by atoms with van der Waals surface area (Å²) in [6.07, 6.45) is 3.69. The van der Waals surface area contributed by atoms with Crippen LogP contribution in [0.15, 0.2) is 54.9 Å². The van der Waals surface area contributed by atoms with Crippen LogP contribution in [0, 0.1) is 6.92 Å². The summed E-state index contributed by atoms with van der Waals surface area (Å²) < 4.78 is 7.43. The predicted molar refractivity (Wildman–Crippen MR) is 98.8 cm³/mol. The molecular weight excluding hydrogens is 328 g/mol. The fourth-order valence-electron chi connectivity index (χ4n) is 3.08. The highest BCUT2D eigenvalue weighted by molar-refractivity contribution is 5.68. The second-order valence-corrected chi connectivity index (χ2v) is 6.70. The van der Waals surface area contributed by atoms with Gasteiger partial charge in [-0.2, -0.15) is 0 Å². The van der Waals surface area contributed by atoms with Gasteiger partial charge in [0.1, 0.15) is 12.3 Å². The highest BCUT2D eigenvalue weighted by Gasteiger charge is 2.31. The van der Waals surface area contributed by atoms with Crippen molar-refractivity contribution in [1.82, 2.24) is 19.6 Å². The van der Waals surface area contributed by atoms with Crippen LogP contribution in [0.5, 0.6) is 0 Å². The monoisotopic (exact) mass is 350 g/mol. The van der Waals surface area contributed by atoms with Gasteiger partial charge in [-0.15, -0.1) is 0 Å². The number of carbonyl (C=O) groups is 1. The van der Waals surface area contributed by atoms with Gasteiger partial charge in [-0.3, -0.25) is 0 Å². The lowest BCUT2D eigenvalue weighted by molar-refractivity contribution is 0.0599. The molecule has 0 unspecified atom stereocenters. The highest BCUT2D eigenvalue weighted by Crippen LogP contribution is 2.13. The average Bonchev–Trinajstić information content (AvgIpc) is 3.01. The summed E-state index contributed by atoms with van der Waals surface area (Å²) in [6.45, 7) is 4.44. The van der Waals surface area contributed by atoms with E-state index < -0.39 is 0 Å². The molecule has 26 heavy (non-hydrogen) atoms. The van der Waals surface area contributed by atoms with Gasteiger partial charge in [0.2, 0.25) is 0 Å². The molecule has 1 amide bonds. The number of aryl methyl sites for hydroxylation is 1. The van der Waals surface area contributed by atoms with Gasteiger partial charge in [-0.05, 0) is 30.2 Å². The maximum absolute atomic E-state index is 12.0. The lowest BCUT2D eigenvalue weighted by Gasteiger charge is -2.38. The smallest absolute Gasteiger partial charge is 0.410 e. The zero-order chi connectivity index (χ0) is 17.9. The lowest BCUT2D eigenvalue weighted by Crippen LogP contribution is -2.59. The second kappa shape index (κ2) is 7.17. The van der Waals surface area contributed by atoms with Crippen LogP contribution in [0.25, 0.3) is 5.65 Å². The number of nitrogens with zero attached hydrogens (tertiary/aromatic N) is 3. The Hall–Kier alpha value is -2.86. The standard InChI is InChI=1S/C20H22N4O2/c1-15-7-8-24-18(11-22-19(24)9-15)10-21-17-12-23(13-17)20(25)26-14-16-5-3-2-4-6-16/h2-9,11,17,21H,10,12-14H2,1H3. The molecule has 6 nitrogen and oxygen atoms in total. The molecule has 0 bridgehead atoms. The van der Waals surface area contributed by atoms with Crippen LogP contribution in [0.4, 0.5) is 4.79 Å². The van der Waals surface area contributed by atoms with E-state index >= 15 is 0 Å². The summed E-state index contributed by atoms with van der Waals surface area (Å²) >= 11 is 0. The number of hydrogen-bond acceptors (Lipinski definition) is 4. The SMILES string of the molecule is Cc1ccn2c(CNC3CN(C(=O)OCc4ccccc4)C3)cnc2c1. The number of likely N-dealkylation sites (tertiary alicyclic amines) is 1. The van der Waals surface area contributed by atoms with E-state index in [-0.39, 0.29) is 12.1 Å². The Bertz CT molecular complexity index is 901. The minimum absolute atomic E-state index is 0.253. The quantitative estimate of drug-likeness (QED) is 0.769. The number of rotatable bonds is 5. The molecule has 0 spiro atoms. The van der Waals surface area contributed by atoms with Crippen molar-refractivity contribution >= 4 is 11.7 Å². The lowest BCUT2D eigenvalue weighted by atomic mass is 10.1. The third-order valence-corrected chi connectivity index (χ3v) is 4.66. The summed E-state index contributed by atoms with van der Waals surface area (Å²) in [6, 6.07) is 14.2. The number of pyridine rings is 1. The van der Waals surface area contributed by atoms with Crippen LogP contribution in [0.3, 0.4) is 0 Å². The molecular formula is C20H22N4O2. The zero-order valence-corrected chi connectivity index (χ0v) is 14.8. The van der Waals surface area contributed by atoms with Gasteiger partial charge in [0.15, 0.2) is 0 Å². The minimum atomic E-state index is -0.253. The topological polar surface area (TPSA) is 58.9 Å². The van der Waals surface area contributed by atoms with E-state index in [4.69, 9.17) is 4.74 Å². The molecule has 1 aliphatic rings. The number of nitrogens with one attached hydrogen (secondary N) is 1. The summed E-state index contributed by atoms with van der Waals surface area (Å²) in [5.41, 5.74) is 4.27. The molecule has 1 saturated heterocycles. The summed E-state index contributed by atoms with van der Waals surface area (Å²) in [4.78, 5) is 18.2. The molecule has 1 aromatic carbocycles. The zero-order valence-electron chi connectivity index (χ0n) is 14.8. The van der Waals surface area contributed by atoms with Crippen molar-refractivity contribution < 1.29 is 9.53 Å². The van der Waals surface area contributed by atoms with E-state index in [1.165, 1.54) is 5.56 Å². The molecule has 4 rings (SSSR count). The van der Waals surface area contributed by atoms with Crippen LogP contribution in [-0.2, 0) is 17.9 Å². The van der Waals surface area contributed by atoms with Crippen molar-refractivity contribution in [2.24, 2.45) is 0 Å². The minimum Gasteiger partial charge on any atom is -0.445 e. The fourth-order valence-corrected chi connectivity index (χ4v) is 3.08. The van der Waals surface area contributed by atoms with Crippen LogP contribution < -0.4 is 5.32 Å². The molecule has 3 aromatic rings. The maximum atomic E-state index is 12.0. The maximum Gasteiger partial charge on any atom is 0.410 e. The number of carbonyl (C=O) groups excluding carboxylic acids is 1. The van der Waals surface area contributed by atoms with E-state index in [1.807, 2.05) is 42.7 Å². The molecule has 1 aliphatic heterocycles. The summed E-state index contributed by atoms with van der Waals surface area (Å²) in [7, 11) is 0. The van der Waals surface area contributed by atoms with Crippen molar-refractivity contribution in [1.29, 1.82) is 0 Å². The van der Waals surface area contributed by atoms with Crippen molar-refractivity contribution in [2.75, 3.05) is 13.1 Å². The number of amides is 1. The molecule has 1 fully saturated rings. The fraction of sp³-hybridized carbons (Fsp3) is 0.300. The Morgan fingerprint density at radius 3 is 2.88 bits per heavy atom. The van der Waals surface area contributed by atoms with E-state index in [0.717, 1.165) is 23.4 Å². The number of hydrogen-bond donors (Lipinski definition) is 1. The Balaban J connectivity index is 1.23. The summed E-state index contributed by atoms with van der Waals surface area (Å²) in [5, 5.41) is 3.48. The summed E-state index contributed by atoms with van der Waals surface area (Å²) in [5.74, 6) is 0. The first kappa shape index (κ1) is 16.6. The number of aromatic nitrogens is 2. The largest absolute Gasteiger partial charge is 0.445 e. The number of ether oxygens (including phenoxy) is 1. The molecule has 134 valence electrons. The third-order valence-electron chi connectivity index (χ3n) is 4.66. The van der Waals surface area contributed by atoms with E-state index in [0.29, 0.717) is 19.7 Å². The second-order valence-electron chi connectivity index (χ2n) is 6.70. The first-order valence-electron chi connectivity index (χ1n) is 8.80. The van der Waals surface area contributed by atoms with Gasteiger partial charge in [-0.1, -0.05) is 30.3 Å². The third kappa shape index (κ3) is 3.55. The van der Waals surface area contributed by atoms with Crippen LogP contribution in [-0.4, -0.2) is 39.5 Å². The number of fused-ring (bicyclic) bond motifs is 1. The normalized spacial score (nSPS) is 14.4. The molecule has 0 radical (unpaired) electrons. The van der Waals surface area contributed by atoms with E-state index in [1.54, 1.807) is 4.90 Å². The molecule has 0 aliphatic carbocycles. The van der Waals surface area contributed by atoms with Gasteiger partial charge in [-0.25, -0.2) is 9.78 Å². The Kier molecular flexibility index (Phi) is 4.58. The number of benzene rings is 1. The molecule has 1 N–H and O–H groups in total.